The summed E-state index contributed by atoms with van der Waals surface area (Å²) in [6.07, 6.45) is -12.1. The molecule has 0 heterocycles. The molecule has 0 bridgehead atoms. The lowest BCUT2D eigenvalue weighted by molar-refractivity contribution is -0.198. The van der Waals surface area contributed by atoms with Crippen molar-refractivity contribution in [3.05, 3.63) is 0 Å². The van der Waals surface area contributed by atoms with Gasteiger partial charge in [-0.15, -0.1) is 37.7 Å². The molecule has 10 unspecified atom stereocenters. The van der Waals surface area contributed by atoms with Crippen molar-refractivity contribution in [2.24, 2.45) is 0 Å². The van der Waals surface area contributed by atoms with Crippen molar-refractivity contribution in [2.75, 3.05) is 0 Å². The first-order valence-electron chi connectivity index (χ1n) is 5.72. The van der Waals surface area contributed by atoms with Gasteiger partial charge in [0.25, 0.3) is 0 Å². The first-order chi connectivity index (χ1) is 11.0. The van der Waals surface area contributed by atoms with Crippen molar-refractivity contribution >= 4 is 33.0 Å². The SMILES string of the molecule is O=[P+](O)OC1C(O)C(O)C(O[P+](=O)O)C(O[P+](=O)O)C1O[P+](=O)O. The number of aliphatic hydroxyl groups is 2. The number of aliphatic hydroxyl groups excluding tert-OH is 2. The Labute approximate surface area is 136 Å². The molecular formula is C6H12O14P4+4. The summed E-state index contributed by atoms with van der Waals surface area (Å²) in [7, 11) is -13.7. The van der Waals surface area contributed by atoms with Crippen LogP contribution in [0.15, 0.2) is 0 Å². The molecule has 1 aliphatic carbocycles. The second-order valence-corrected chi connectivity index (χ2v) is 6.96. The van der Waals surface area contributed by atoms with Gasteiger partial charge in [-0.2, -0.15) is 0 Å². The van der Waals surface area contributed by atoms with Gasteiger partial charge in [-0.05, 0) is 0 Å². The second-order valence-electron chi connectivity index (χ2n) is 4.21. The van der Waals surface area contributed by atoms with Crippen LogP contribution in [0.2, 0.25) is 0 Å². The van der Waals surface area contributed by atoms with Crippen molar-refractivity contribution < 1.29 is 66.1 Å². The molecule has 0 saturated heterocycles. The molecule has 10 atom stereocenters. The third-order valence-electron chi connectivity index (χ3n) is 2.84. The van der Waals surface area contributed by atoms with Crippen LogP contribution in [0.1, 0.15) is 0 Å². The smallest absolute Gasteiger partial charge is 0.387 e. The Morgan fingerprint density at radius 1 is 0.500 bits per heavy atom. The fraction of sp³-hybridized carbons (Fsp3) is 1.00. The predicted molar refractivity (Wildman–Crippen MR) is 70.8 cm³/mol. The van der Waals surface area contributed by atoms with E-state index in [-0.39, 0.29) is 0 Å². The maximum Gasteiger partial charge on any atom is 0.695 e. The second kappa shape index (κ2) is 9.63. The van der Waals surface area contributed by atoms with Gasteiger partial charge in [-0.1, -0.05) is 0 Å². The first kappa shape index (κ1) is 22.0. The topological polar surface area (TPSA) is 227 Å². The molecule has 136 valence electrons. The molecule has 6 N–H and O–H groups in total. The predicted octanol–water partition coefficient (Wildman–Crippen LogP) is -1.14. The van der Waals surface area contributed by atoms with Crippen LogP contribution in [0.3, 0.4) is 0 Å². The van der Waals surface area contributed by atoms with Crippen molar-refractivity contribution in [1.29, 1.82) is 0 Å². The van der Waals surface area contributed by atoms with Gasteiger partial charge in [0.15, 0.2) is 24.4 Å². The largest absolute Gasteiger partial charge is 0.695 e. The van der Waals surface area contributed by atoms with Gasteiger partial charge in [0.05, 0.1) is 0 Å². The quantitative estimate of drug-likeness (QED) is 0.249. The maximum atomic E-state index is 10.9. The number of rotatable bonds is 8. The Balaban J connectivity index is 3.28. The van der Waals surface area contributed by atoms with Gasteiger partial charge >= 0.3 is 33.0 Å². The van der Waals surface area contributed by atoms with Crippen molar-refractivity contribution in [3.8, 4) is 0 Å². The molecule has 0 radical (unpaired) electrons. The van der Waals surface area contributed by atoms with Crippen LogP contribution >= 0.6 is 33.0 Å². The molecule has 0 aromatic rings. The highest BCUT2D eigenvalue weighted by atomic mass is 31.1. The Morgan fingerprint density at radius 3 is 0.917 bits per heavy atom. The lowest BCUT2D eigenvalue weighted by atomic mass is 9.85. The summed E-state index contributed by atoms with van der Waals surface area (Å²) in [6, 6.07) is 0. The highest BCUT2D eigenvalue weighted by Crippen LogP contribution is 2.42. The monoisotopic (exact) mass is 432 g/mol. The Morgan fingerprint density at radius 2 is 0.708 bits per heavy atom. The normalized spacial score (nSPS) is 36.1. The molecule has 0 aliphatic heterocycles. The summed E-state index contributed by atoms with van der Waals surface area (Å²) in [5.74, 6) is 0. The molecule has 14 nitrogen and oxygen atoms in total. The van der Waals surface area contributed by atoms with Crippen LogP contribution in [-0.4, -0.2) is 66.4 Å². The molecule has 1 aliphatic rings. The molecule has 18 heteroatoms. The average molecular weight is 432 g/mol. The summed E-state index contributed by atoms with van der Waals surface area (Å²) >= 11 is 0. The van der Waals surface area contributed by atoms with E-state index in [1.165, 1.54) is 0 Å². The third-order valence-corrected chi connectivity index (χ3v) is 4.54. The lowest BCUT2D eigenvalue weighted by Crippen LogP contribution is -2.64. The molecule has 1 saturated carbocycles. The maximum absolute atomic E-state index is 10.9. The van der Waals surface area contributed by atoms with E-state index in [9.17, 15) is 28.5 Å². The zero-order chi connectivity index (χ0) is 18.6. The zero-order valence-corrected chi connectivity index (χ0v) is 14.8. The minimum absolute atomic E-state index is 1.98. The molecule has 0 aromatic carbocycles. The molecule has 1 rings (SSSR count). The summed E-state index contributed by atoms with van der Waals surface area (Å²) in [5, 5.41) is 19.8. The molecule has 24 heavy (non-hydrogen) atoms. The van der Waals surface area contributed by atoms with Crippen LogP contribution in [0.4, 0.5) is 0 Å². The van der Waals surface area contributed by atoms with E-state index < -0.39 is 69.6 Å². The molecule has 0 amide bonds. The number of hydrogen-bond donors (Lipinski definition) is 6. The third kappa shape index (κ3) is 6.06. The fourth-order valence-corrected chi connectivity index (χ4v) is 3.85. The van der Waals surface area contributed by atoms with Gasteiger partial charge in [-0.25, -0.2) is 0 Å². The van der Waals surface area contributed by atoms with Crippen LogP contribution in [0, 0.1) is 0 Å². The minimum atomic E-state index is -3.45. The van der Waals surface area contributed by atoms with Crippen LogP contribution in [-0.2, 0) is 36.4 Å². The van der Waals surface area contributed by atoms with E-state index in [4.69, 9.17) is 19.6 Å². The summed E-state index contributed by atoms with van der Waals surface area (Å²) in [4.78, 5) is 35.2. The Kier molecular flexibility index (Phi) is 8.84. The van der Waals surface area contributed by atoms with E-state index in [0.29, 0.717) is 0 Å². The van der Waals surface area contributed by atoms with Gasteiger partial charge in [0.2, 0.25) is 0 Å². The average Bonchev–Trinajstić information content (AvgIpc) is 2.42. The molecular weight excluding hydrogens is 420 g/mol. The highest BCUT2D eigenvalue weighted by Gasteiger charge is 2.63. The number of hydrogen-bond acceptors (Lipinski definition) is 10. The Bertz CT molecular complexity index is 479. The summed E-state index contributed by atoms with van der Waals surface area (Å²) < 4.78 is 61.1. The standard InChI is InChI=1S/C6H8O14P4/c7-1-2(8)4(18-22(11)12)6(20-24(15)16)5(19-23(13)14)3(1)17-21(9)10/h1-8H/p+4. The lowest BCUT2D eigenvalue weighted by Gasteiger charge is -2.37. The van der Waals surface area contributed by atoms with Gasteiger partial charge in [0, 0.05) is 18.3 Å². The Hall–Kier alpha value is -0.000000000000000132. The summed E-state index contributed by atoms with van der Waals surface area (Å²) in [6.45, 7) is 0. The van der Waals surface area contributed by atoms with Gasteiger partial charge < -0.3 is 10.2 Å². The fourth-order valence-electron chi connectivity index (χ4n) is 2.05. The van der Waals surface area contributed by atoms with Crippen LogP contribution < -0.4 is 0 Å². The van der Waals surface area contributed by atoms with Gasteiger partial charge in [-0.3, -0.25) is 0 Å². The van der Waals surface area contributed by atoms with E-state index >= 15 is 0 Å². The van der Waals surface area contributed by atoms with Crippen LogP contribution in [0.5, 0.6) is 0 Å². The van der Waals surface area contributed by atoms with Crippen molar-refractivity contribution in [3.63, 3.8) is 0 Å². The van der Waals surface area contributed by atoms with Gasteiger partial charge in [0.1, 0.15) is 12.2 Å². The first-order valence-corrected chi connectivity index (χ1v) is 10.2. The summed E-state index contributed by atoms with van der Waals surface area (Å²) in [5.41, 5.74) is 0. The van der Waals surface area contributed by atoms with E-state index in [1.807, 2.05) is 0 Å². The zero-order valence-electron chi connectivity index (χ0n) is 11.2. The molecule has 0 aromatic heterocycles. The molecule has 0 spiro atoms. The highest BCUT2D eigenvalue weighted by molar-refractivity contribution is 7.33. The van der Waals surface area contributed by atoms with E-state index in [2.05, 4.69) is 18.1 Å². The molecule has 1 fully saturated rings. The van der Waals surface area contributed by atoms with Crippen molar-refractivity contribution in [1.82, 2.24) is 0 Å². The minimum Gasteiger partial charge on any atom is -0.387 e. The van der Waals surface area contributed by atoms with Crippen LogP contribution in [0.25, 0.3) is 0 Å². The van der Waals surface area contributed by atoms with E-state index in [0.717, 1.165) is 0 Å². The van der Waals surface area contributed by atoms with E-state index in [1.54, 1.807) is 0 Å². The van der Waals surface area contributed by atoms with Crippen molar-refractivity contribution in [2.45, 2.75) is 36.6 Å².